The van der Waals surface area contributed by atoms with Crippen LogP contribution in [-0.4, -0.2) is 33.6 Å². The van der Waals surface area contributed by atoms with Gasteiger partial charge in [0.25, 0.3) is 0 Å². The minimum absolute atomic E-state index is 0. The summed E-state index contributed by atoms with van der Waals surface area (Å²) in [5.74, 6) is 0.601. The molecule has 0 bridgehead atoms. The summed E-state index contributed by atoms with van der Waals surface area (Å²) >= 11 is 0. The van der Waals surface area contributed by atoms with Crippen LogP contribution in [0.25, 0.3) is 11.0 Å². The SMILES string of the molecule is CC1CN(Cc2ccc3c(c2)ncn3C)CC1N.Cl. The van der Waals surface area contributed by atoms with E-state index in [0.29, 0.717) is 12.0 Å². The average Bonchev–Trinajstić information content (AvgIpc) is 2.84. The smallest absolute Gasteiger partial charge is 0.0955 e. The molecule has 19 heavy (non-hydrogen) atoms. The third kappa shape index (κ3) is 2.76. The van der Waals surface area contributed by atoms with Crippen molar-refractivity contribution in [2.45, 2.75) is 19.5 Å². The molecule has 0 aliphatic carbocycles. The first kappa shape index (κ1) is 14.3. The van der Waals surface area contributed by atoms with Crippen molar-refractivity contribution in [3.05, 3.63) is 30.1 Å². The van der Waals surface area contributed by atoms with Crippen molar-refractivity contribution in [2.75, 3.05) is 13.1 Å². The minimum atomic E-state index is 0. The van der Waals surface area contributed by atoms with Crippen LogP contribution >= 0.6 is 12.4 Å². The second-order valence-corrected chi connectivity index (χ2v) is 5.51. The van der Waals surface area contributed by atoms with Gasteiger partial charge in [-0.2, -0.15) is 0 Å². The van der Waals surface area contributed by atoms with Crippen LogP contribution in [0.3, 0.4) is 0 Å². The van der Waals surface area contributed by atoms with Crippen LogP contribution in [0.15, 0.2) is 24.5 Å². The van der Waals surface area contributed by atoms with Crippen LogP contribution in [0.1, 0.15) is 12.5 Å². The van der Waals surface area contributed by atoms with Crippen molar-refractivity contribution >= 4 is 23.4 Å². The van der Waals surface area contributed by atoms with E-state index < -0.39 is 0 Å². The third-order valence-corrected chi connectivity index (χ3v) is 3.94. The summed E-state index contributed by atoms with van der Waals surface area (Å²) in [5, 5.41) is 0. The highest BCUT2D eigenvalue weighted by Gasteiger charge is 2.26. The van der Waals surface area contributed by atoms with Gasteiger partial charge >= 0.3 is 0 Å². The minimum Gasteiger partial charge on any atom is -0.334 e. The molecule has 1 saturated heterocycles. The molecule has 4 nitrogen and oxygen atoms in total. The fourth-order valence-corrected chi connectivity index (χ4v) is 2.76. The lowest BCUT2D eigenvalue weighted by Gasteiger charge is -2.15. The van der Waals surface area contributed by atoms with Crippen molar-refractivity contribution in [1.29, 1.82) is 0 Å². The molecule has 2 heterocycles. The molecule has 0 saturated carbocycles. The number of rotatable bonds is 2. The molecule has 0 radical (unpaired) electrons. The van der Waals surface area contributed by atoms with Gasteiger partial charge in [-0.25, -0.2) is 4.98 Å². The van der Waals surface area contributed by atoms with Gasteiger partial charge in [0.05, 0.1) is 17.4 Å². The molecule has 1 aliphatic heterocycles. The number of benzene rings is 1. The standard InChI is InChI=1S/C14H20N4.ClH/c1-10-6-18(8-12(10)15)7-11-3-4-14-13(5-11)16-9-17(14)2;/h3-5,9-10,12H,6-8,15H2,1-2H3;1H. The summed E-state index contributed by atoms with van der Waals surface area (Å²) in [4.78, 5) is 6.83. The van der Waals surface area contributed by atoms with Gasteiger partial charge in [-0.15, -0.1) is 12.4 Å². The van der Waals surface area contributed by atoms with Crippen LogP contribution in [0.2, 0.25) is 0 Å². The number of nitrogens with zero attached hydrogens (tertiary/aromatic N) is 3. The summed E-state index contributed by atoms with van der Waals surface area (Å²) in [6.07, 6.45) is 1.86. The highest BCUT2D eigenvalue weighted by Crippen LogP contribution is 2.19. The molecule has 2 aromatic rings. The highest BCUT2D eigenvalue weighted by atomic mass is 35.5. The number of nitrogens with two attached hydrogens (primary N) is 1. The van der Waals surface area contributed by atoms with Crippen LogP contribution in [0, 0.1) is 5.92 Å². The van der Waals surface area contributed by atoms with Gasteiger partial charge in [-0.05, 0) is 23.6 Å². The van der Waals surface area contributed by atoms with Gasteiger partial charge in [-0.1, -0.05) is 13.0 Å². The van der Waals surface area contributed by atoms with E-state index in [9.17, 15) is 0 Å². The Morgan fingerprint density at radius 1 is 1.37 bits per heavy atom. The Hall–Kier alpha value is -1.10. The maximum Gasteiger partial charge on any atom is 0.0955 e. The molecule has 2 atom stereocenters. The molecule has 2 unspecified atom stereocenters. The fourth-order valence-electron chi connectivity index (χ4n) is 2.76. The number of halogens is 1. The van der Waals surface area contributed by atoms with Gasteiger partial charge in [-0.3, -0.25) is 4.90 Å². The summed E-state index contributed by atoms with van der Waals surface area (Å²) < 4.78 is 2.05. The van der Waals surface area contributed by atoms with Crippen LogP contribution in [-0.2, 0) is 13.6 Å². The van der Waals surface area contributed by atoms with Crippen LogP contribution in [0.4, 0.5) is 0 Å². The first-order valence-electron chi connectivity index (χ1n) is 6.51. The number of likely N-dealkylation sites (tertiary alicyclic amines) is 1. The molecule has 1 aliphatic rings. The van der Waals surface area contributed by atoms with Gasteiger partial charge in [0, 0.05) is 32.7 Å². The Morgan fingerprint density at radius 3 is 2.84 bits per heavy atom. The summed E-state index contributed by atoms with van der Waals surface area (Å²) in [6.45, 7) is 5.31. The lowest BCUT2D eigenvalue weighted by Crippen LogP contribution is -2.28. The zero-order valence-corrected chi connectivity index (χ0v) is 12.2. The van der Waals surface area contributed by atoms with E-state index in [1.165, 1.54) is 11.1 Å². The Balaban J connectivity index is 0.00000133. The topological polar surface area (TPSA) is 47.1 Å². The predicted octanol–water partition coefficient (Wildman–Crippen LogP) is 1.77. The van der Waals surface area contributed by atoms with Gasteiger partial charge in [0.2, 0.25) is 0 Å². The van der Waals surface area contributed by atoms with Gasteiger partial charge in [0.1, 0.15) is 0 Å². The molecular weight excluding hydrogens is 260 g/mol. The van der Waals surface area contributed by atoms with Crippen LogP contribution < -0.4 is 5.73 Å². The van der Waals surface area contributed by atoms with Crippen LogP contribution in [0.5, 0.6) is 0 Å². The quantitative estimate of drug-likeness (QED) is 0.912. The summed E-state index contributed by atoms with van der Waals surface area (Å²) in [6, 6.07) is 6.85. The van der Waals surface area contributed by atoms with Crippen molar-refractivity contribution < 1.29 is 0 Å². The van der Waals surface area contributed by atoms with E-state index in [1.807, 2.05) is 17.9 Å². The number of imidazole rings is 1. The fraction of sp³-hybridized carbons (Fsp3) is 0.500. The number of aromatic nitrogens is 2. The molecule has 3 rings (SSSR count). The summed E-state index contributed by atoms with van der Waals surface area (Å²) in [5.41, 5.74) is 9.64. The normalized spacial score (nSPS) is 23.7. The van der Waals surface area contributed by atoms with Crippen molar-refractivity contribution in [1.82, 2.24) is 14.5 Å². The first-order valence-corrected chi connectivity index (χ1v) is 6.51. The Labute approximate surface area is 120 Å². The number of hydrogen-bond acceptors (Lipinski definition) is 3. The van der Waals surface area contributed by atoms with E-state index in [-0.39, 0.29) is 12.4 Å². The Kier molecular flexibility index (Phi) is 4.13. The largest absolute Gasteiger partial charge is 0.334 e. The summed E-state index contributed by atoms with van der Waals surface area (Å²) in [7, 11) is 2.02. The number of aryl methyl sites for hydroxylation is 1. The number of hydrogen-bond donors (Lipinski definition) is 1. The van der Waals surface area contributed by atoms with Gasteiger partial charge < -0.3 is 10.3 Å². The van der Waals surface area contributed by atoms with E-state index in [1.54, 1.807) is 0 Å². The van der Waals surface area contributed by atoms with Crippen molar-refractivity contribution in [3.63, 3.8) is 0 Å². The van der Waals surface area contributed by atoms with E-state index in [0.717, 1.165) is 25.2 Å². The first-order chi connectivity index (χ1) is 8.63. The predicted molar refractivity (Wildman–Crippen MR) is 80.4 cm³/mol. The second kappa shape index (κ2) is 5.49. The maximum atomic E-state index is 6.06. The van der Waals surface area contributed by atoms with Gasteiger partial charge in [0.15, 0.2) is 0 Å². The van der Waals surface area contributed by atoms with E-state index in [2.05, 4.69) is 35.0 Å². The maximum absolute atomic E-state index is 6.06. The molecule has 1 aromatic carbocycles. The van der Waals surface area contributed by atoms with Crippen molar-refractivity contribution in [2.24, 2.45) is 18.7 Å². The lowest BCUT2D eigenvalue weighted by molar-refractivity contribution is 0.319. The molecule has 104 valence electrons. The van der Waals surface area contributed by atoms with Crippen molar-refractivity contribution in [3.8, 4) is 0 Å². The van der Waals surface area contributed by atoms with E-state index >= 15 is 0 Å². The molecular formula is C14H21ClN4. The molecule has 2 N–H and O–H groups in total. The molecule has 1 fully saturated rings. The monoisotopic (exact) mass is 280 g/mol. The second-order valence-electron chi connectivity index (χ2n) is 5.51. The Bertz CT molecular complexity index is 556. The molecule has 5 heteroatoms. The molecule has 1 aromatic heterocycles. The Morgan fingerprint density at radius 2 is 2.16 bits per heavy atom. The molecule has 0 spiro atoms. The zero-order chi connectivity index (χ0) is 12.7. The van der Waals surface area contributed by atoms with E-state index in [4.69, 9.17) is 5.73 Å². The average molecular weight is 281 g/mol. The third-order valence-electron chi connectivity index (χ3n) is 3.94. The molecule has 0 amide bonds. The lowest BCUT2D eigenvalue weighted by atomic mass is 10.1. The zero-order valence-electron chi connectivity index (χ0n) is 11.4. The number of fused-ring (bicyclic) bond motifs is 1. The highest BCUT2D eigenvalue weighted by molar-refractivity contribution is 5.85.